The van der Waals surface area contributed by atoms with Gasteiger partial charge in [-0.1, -0.05) is 48.0 Å². The van der Waals surface area contributed by atoms with Crippen molar-refractivity contribution in [3.63, 3.8) is 0 Å². The molecule has 2 N–H and O–H groups in total. The lowest BCUT2D eigenvalue weighted by atomic mass is 10.0. The van der Waals surface area contributed by atoms with Crippen LogP contribution in [0.2, 0.25) is 0 Å². The van der Waals surface area contributed by atoms with Gasteiger partial charge in [0, 0.05) is 24.6 Å². The smallest absolute Gasteiger partial charge is 0.258 e. The lowest BCUT2D eigenvalue weighted by molar-refractivity contribution is 0.102. The number of carbonyl (C=O) groups excluding carboxylic acids is 1. The van der Waals surface area contributed by atoms with Crippen LogP contribution in [0.1, 0.15) is 32.6 Å². The minimum atomic E-state index is -0.213. The van der Waals surface area contributed by atoms with Gasteiger partial charge in [0.1, 0.15) is 0 Å². The van der Waals surface area contributed by atoms with E-state index in [1.807, 2.05) is 51.1 Å². The molecule has 3 aromatic rings. The standard InChI is InChI=1S/C21H22N4O/c1-14-9-15(2)19(16(3)10-14)25-20(26)18-12-23-21(24-13-18)22-11-17-7-5-4-6-8-17/h4-10,12-13H,11H2,1-3H3,(H,25,26)(H,22,23,24). The number of aromatic nitrogens is 2. The molecule has 0 unspecified atom stereocenters. The Labute approximate surface area is 153 Å². The molecule has 26 heavy (non-hydrogen) atoms. The molecule has 132 valence electrons. The number of nitrogens with one attached hydrogen (secondary N) is 2. The zero-order chi connectivity index (χ0) is 18.5. The number of amides is 1. The Bertz CT molecular complexity index is 882. The highest BCUT2D eigenvalue weighted by atomic mass is 16.1. The van der Waals surface area contributed by atoms with E-state index in [4.69, 9.17) is 0 Å². The molecule has 0 fully saturated rings. The predicted molar refractivity (Wildman–Crippen MR) is 104 cm³/mol. The fourth-order valence-corrected chi connectivity index (χ4v) is 2.88. The van der Waals surface area contributed by atoms with Gasteiger partial charge in [-0.2, -0.15) is 0 Å². The summed E-state index contributed by atoms with van der Waals surface area (Å²) in [6.45, 7) is 6.65. The fourth-order valence-electron chi connectivity index (χ4n) is 2.88. The number of hydrogen-bond donors (Lipinski definition) is 2. The monoisotopic (exact) mass is 346 g/mol. The third-order valence-electron chi connectivity index (χ3n) is 4.12. The van der Waals surface area contributed by atoms with Crippen LogP contribution in [0.3, 0.4) is 0 Å². The minimum absolute atomic E-state index is 0.213. The topological polar surface area (TPSA) is 66.9 Å². The summed E-state index contributed by atoms with van der Waals surface area (Å²) in [6, 6.07) is 14.1. The maximum absolute atomic E-state index is 12.5. The highest BCUT2D eigenvalue weighted by molar-refractivity contribution is 6.04. The van der Waals surface area contributed by atoms with Crippen LogP contribution in [0, 0.1) is 20.8 Å². The zero-order valence-electron chi connectivity index (χ0n) is 15.2. The molecule has 0 atom stereocenters. The molecule has 1 heterocycles. The summed E-state index contributed by atoms with van der Waals surface area (Å²) >= 11 is 0. The normalized spacial score (nSPS) is 10.4. The van der Waals surface area contributed by atoms with Gasteiger partial charge in [0.2, 0.25) is 5.95 Å². The number of hydrogen-bond acceptors (Lipinski definition) is 4. The van der Waals surface area contributed by atoms with Crippen LogP contribution >= 0.6 is 0 Å². The number of benzene rings is 2. The summed E-state index contributed by atoms with van der Waals surface area (Å²) in [5.74, 6) is 0.280. The molecule has 0 saturated carbocycles. The first-order chi connectivity index (χ1) is 12.5. The largest absolute Gasteiger partial charge is 0.350 e. The van der Waals surface area contributed by atoms with E-state index in [1.54, 1.807) is 0 Å². The lowest BCUT2D eigenvalue weighted by Gasteiger charge is -2.13. The molecule has 1 aromatic heterocycles. The highest BCUT2D eigenvalue weighted by Crippen LogP contribution is 2.22. The summed E-state index contributed by atoms with van der Waals surface area (Å²) in [4.78, 5) is 20.9. The maximum Gasteiger partial charge on any atom is 0.258 e. The second kappa shape index (κ2) is 7.78. The van der Waals surface area contributed by atoms with E-state index in [2.05, 4.69) is 32.7 Å². The molecular weight excluding hydrogens is 324 g/mol. The summed E-state index contributed by atoms with van der Waals surface area (Å²) in [7, 11) is 0. The number of carbonyl (C=O) groups is 1. The molecule has 0 aliphatic carbocycles. The number of anilines is 2. The van der Waals surface area contributed by atoms with Crippen molar-refractivity contribution in [3.05, 3.63) is 82.7 Å². The van der Waals surface area contributed by atoms with E-state index in [1.165, 1.54) is 18.0 Å². The van der Waals surface area contributed by atoms with E-state index < -0.39 is 0 Å². The van der Waals surface area contributed by atoms with Gasteiger partial charge in [-0.05, 0) is 37.5 Å². The van der Waals surface area contributed by atoms with Gasteiger partial charge in [0.25, 0.3) is 5.91 Å². The van der Waals surface area contributed by atoms with Crippen molar-refractivity contribution < 1.29 is 4.79 Å². The molecule has 0 radical (unpaired) electrons. The van der Waals surface area contributed by atoms with Crippen LogP contribution in [-0.4, -0.2) is 15.9 Å². The van der Waals surface area contributed by atoms with Gasteiger partial charge in [-0.25, -0.2) is 9.97 Å². The maximum atomic E-state index is 12.5. The molecule has 2 aromatic carbocycles. The van der Waals surface area contributed by atoms with Gasteiger partial charge < -0.3 is 10.6 Å². The zero-order valence-corrected chi connectivity index (χ0v) is 15.2. The third-order valence-corrected chi connectivity index (χ3v) is 4.12. The summed E-state index contributed by atoms with van der Waals surface area (Å²) < 4.78 is 0. The lowest BCUT2D eigenvalue weighted by Crippen LogP contribution is -2.15. The van der Waals surface area contributed by atoms with Crippen molar-refractivity contribution in [2.24, 2.45) is 0 Å². The van der Waals surface area contributed by atoms with Crippen molar-refractivity contribution in [1.29, 1.82) is 0 Å². The Kier molecular flexibility index (Phi) is 5.27. The van der Waals surface area contributed by atoms with Crippen LogP contribution < -0.4 is 10.6 Å². The van der Waals surface area contributed by atoms with Crippen LogP contribution in [0.5, 0.6) is 0 Å². The third kappa shape index (κ3) is 4.25. The fraction of sp³-hybridized carbons (Fsp3) is 0.190. The van der Waals surface area contributed by atoms with Gasteiger partial charge in [-0.15, -0.1) is 0 Å². The second-order valence-electron chi connectivity index (χ2n) is 6.36. The van der Waals surface area contributed by atoms with Crippen molar-refractivity contribution in [3.8, 4) is 0 Å². The Hall–Kier alpha value is -3.21. The Morgan fingerprint density at radius 2 is 1.58 bits per heavy atom. The van der Waals surface area contributed by atoms with Crippen LogP contribution in [0.25, 0.3) is 0 Å². The first-order valence-electron chi connectivity index (χ1n) is 8.52. The van der Waals surface area contributed by atoms with Crippen LogP contribution in [0.15, 0.2) is 54.9 Å². The molecule has 0 saturated heterocycles. The Morgan fingerprint density at radius 1 is 0.962 bits per heavy atom. The molecule has 0 aliphatic heterocycles. The highest BCUT2D eigenvalue weighted by Gasteiger charge is 2.11. The second-order valence-corrected chi connectivity index (χ2v) is 6.36. The molecule has 5 nitrogen and oxygen atoms in total. The first-order valence-corrected chi connectivity index (χ1v) is 8.52. The van der Waals surface area contributed by atoms with E-state index >= 15 is 0 Å². The summed E-state index contributed by atoms with van der Waals surface area (Å²) in [6.07, 6.45) is 3.07. The van der Waals surface area contributed by atoms with E-state index in [-0.39, 0.29) is 5.91 Å². The van der Waals surface area contributed by atoms with Gasteiger partial charge in [0.05, 0.1) is 5.56 Å². The van der Waals surface area contributed by atoms with E-state index in [0.29, 0.717) is 18.1 Å². The van der Waals surface area contributed by atoms with Crippen LogP contribution in [-0.2, 0) is 6.54 Å². The summed E-state index contributed by atoms with van der Waals surface area (Å²) in [5.41, 5.74) is 5.66. The van der Waals surface area contributed by atoms with Gasteiger partial charge in [-0.3, -0.25) is 4.79 Å². The quantitative estimate of drug-likeness (QED) is 0.724. The van der Waals surface area contributed by atoms with E-state index in [9.17, 15) is 4.79 Å². The van der Waals surface area contributed by atoms with Crippen molar-refractivity contribution in [1.82, 2.24) is 9.97 Å². The van der Waals surface area contributed by atoms with Crippen molar-refractivity contribution in [2.75, 3.05) is 10.6 Å². The molecular formula is C21H22N4O. The predicted octanol–water partition coefficient (Wildman–Crippen LogP) is 4.27. The molecule has 0 aliphatic rings. The molecule has 1 amide bonds. The molecule has 5 heteroatoms. The Balaban J connectivity index is 1.66. The van der Waals surface area contributed by atoms with Crippen molar-refractivity contribution in [2.45, 2.75) is 27.3 Å². The van der Waals surface area contributed by atoms with Crippen LogP contribution in [0.4, 0.5) is 11.6 Å². The molecule has 3 rings (SSSR count). The van der Waals surface area contributed by atoms with Gasteiger partial charge in [0.15, 0.2) is 0 Å². The average Bonchev–Trinajstić information content (AvgIpc) is 2.64. The minimum Gasteiger partial charge on any atom is -0.350 e. The van der Waals surface area contributed by atoms with Gasteiger partial charge >= 0.3 is 0 Å². The van der Waals surface area contributed by atoms with Crippen molar-refractivity contribution >= 4 is 17.5 Å². The number of aryl methyl sites for hydroxylation is 3. The SMILES string of the molecule is Cc1cc(C)c(NC(=O)c2cnc(NCc3ccccc3)nc2)c(C)c1. The first kappa shape index (κ1) is 17.6. The Morgan fingerprint density at radius 3 is 2.19 bits per heavy atom. The summed E-state index contributed by atoms with van der Waals surface area (Å²) in [5, 5.41) is 6.11. The number of rotatable bonds is 5. The molecule has 0 bridgehead atoms. The molecule has 0 spiro atoms. The average molecular weight is 346 g/mol. The number of nitrogens with zero attached hydrogens (tertiary/aromatic N) is 2. The van der Waals surface area contributed by atoms with E-state index in [0.717, 1.165) is 22.4 Å².